The standard InChI is InChI=1S/C9H17NO.C2H6/c1-10-6-2-3-8(7-10)9(11)4-5-9;1-2/h8,11H,2-7H2,1H3;1-2H3. The summed E-state index contributed by atoms with van der Waals surface area (Å²) in [4.78, 5) is 2.34. The van der Waals surface area contributed by atoms with E-state index in [2.05, 4.69) is 11.9 Å². The van der Waals surface area contributed by atoms with E-state index in [4.69, 9.17) is 0 Å². The third-order valence-corrected chi connectivity index (χ3v) is 3.15. The van der Waals surface area contributed by atoms with Crippen molar-refractivity contribution < 1.29 is 5.11 Å². The minimum absolute atomic E-state index is 0.241. The zero-order valence-corrected chi connectivity index (χ0v) is 9.21. The average Bonchev–Trinajstić information content (AvgIpc) is 2.89. The van der Waals surface area contributed by atoms with Crippen molar-refractivity contribution in [2.45, 2.75) is 45.1 Å². The predicted octanol–water partition coefficient (Wildman–Crippen LogP) is 1.88. The first-order chi connectivity index (χ1) is 6.21. The van der Waals surface area contributed by atoms with Gasteiger partial charge in [0.25, 0.3) is 0 Å². The van der Waals surface area contributed by atoms with Crippen LogP contribution in [0, 0.1) is 5.92 Å². The molecule has 2 nitrogen and oxygen atoms in total. The van der Waals surface area contributed by atoms with Crippen molar-refractivity contribution in [3.8, 4) is 0 Å². The summed E-state index contributed by atoms with van der Waals surface area (Å²) in [5.41, 5.74) is -0.241. The van der Waals surface area contributed by atoms with Gasteiger partial charge >= 0.3 is 0 Å². The number of piperidine rings is 1. The normalized spacial score (nSPS) is 31.8. The number of hydrogen-bond acceptors (Lipinski definition) is 2. The van der Waals surface area contributed by atoms with Gasteiger partial charge in [-0.2, -0.15) is 0 Å². The Morgan fingerprint density at radius 2 is 1.92 bits per heavy atom. The lowest BCUT2D eigenvalue weighted by molar-refractivity contribution is 0.0390. The molecular formula is C11H23NO. The van der Waals surface area contributed by atoms with E-state index < -0.39 is 0 Å². The Morgan fingerprint density at radius 3 is 2.38 bits per heavy atom. The number of aliphatic hydroxyl groups is 1. The molecule has 0 aromatic carbocycles. The summed E-state index contributed by atoms with van der Waals surface area (Å²) in [6.07, 6.45) is 4.60. The first kappa shape index (κ1) is 11.0. The molecule has 1 aliphatic carbocycles. The van der Waals surface area contributed by atoms with Crippen molar-refractivity contribution in [1.29, 1.82) is 0 Å². The molecule has 1 N–H and O–H groups in total. The molecule has 1 atom stereocenters. The highest BCUT2D eigenvalue weighted by atomic mass is 16.3. The smallest absolute Gasteiger partial charge is 0.0690 e. The van der Waals surface area contributed by atoms with Crippen LogP contribution < -0.4 is 0 Å². The van der Waals surface area contributed by atoms with Gasteiger partial charge in [-0.3, -0.25) is 0 Å². The SMILES string of the molecule is CC.CN1CCCC(C2(O)CC2)C1. The third kappa shape index (κ3) is 2.68. The molecule has 1 heterocycles. The Labute approximate surface area is 81.9 Å². The van der Waals surface area contributed by atoms with Crippen molar-refractivity contribution in [1.82, 2.24) is 4.90 Å². The van der Waals surface area contributed by atoms with Crippen molar-refractivity contribution in [3.05, 3.63) is 0 Å². The monoisotopic (exact) mass is 185 g/mol. The summed E-state index contributed by atoms with van der Waals surface area (Å²) >= 11 is 0. The van der Waals surface area contributed by atoms with Crippen molar-refractivity contribution in [2.24, 2.45) is 5.92 Å². The fourth-order valence-electron chi connectivity index (χ4n) is 2.14. The van der Waals surface area contributed by atoms with Gasteiger partial charge < -0.3 is 10.0 Å². The molecule has 0 amide bonds. The lowest BCUT2D eigenvalue weighted by Crippen LogP contribution is -2.39. The zero-order valence-electron chi connectivity index (χ0n) is 9.21. The Balaban J connectivity index is 0.000000396. The van der Waals surface area contributed by atoms with Crippen LogP contribution in [-0.4, -0.2) is 35.7 Å². The Kier molecular flexibility index (Phi) is 3.74. The van der Waals surface area contributed by atoms with Crippen molar-refractivity contribution >= 4 is 0 Å². The highest BCUT2D eigenvalue weighted by Gasteiger charge is 2.48. The fourth-order valence-corrected chi connectivity index (χ4v) is 2.14. The second-order valence-electron chi connectivity index (χ2n) is 4.20. The zero-order chi connectivity index (χ0) is 9.90. The maximum Gasteiger partial charge on any atom is 0.0690 e. The number of rotatable bonds is 1. The quantitative estimate of drug-likeness (QED) is 0.674. The molecule has 2 aliphatic rings. The molecule has 1 unspecified atom stereocenters. The predicted molar refractivity (Wildman–Crippen MR) is 55.8 cm³/mol. The summed E-state index contributed by atoms with van der Waals surface area (Å²) in [7, 11) is 2.15. The van der Waals surface area contributed by atoms with Gasteiger partial charge in [0.1, 0.15) is 0 Å². The van der Waals surface area contributed by atoms with Crippen LogP contribution in [-0.2, 0) is 0 Å². The molecule has 1 saturated heterocycles. The molecule has 0 aromatic heterocycles. The Morgan fingerprint density at radius 1 is 1.31 bits per heavy atom. The van der Waals surface area contributed by atoms with Gasteiger partial charge in [-0.25, -0.2) is 0 Å². The van der Waals surface area contributed by atoms with Gasteiger partial charge in [0.05, 0.1) is 5.60 Å². The molecule has 13 heavy (non-hydrogen) atoms. The minimum atomic E-state index is -0.241. The first-order valence-corrected chi connectivity index (χ1v) is 5.62. The van der Waals surface area contributed by atoms with Crippen LogP contribution in [0.5, 0.6) is 0 Å². The van der Waals surface area contributed by atoms with Gasteiger partial charge in [0.15, 0.2) is 0 Å². The Bertz CT molecular complexity index is 154. The highest BCUT2D eigenvalue weighted by molar-refractivity contribution is 5.00. The third-order valence-electron chi connectivity index (χ3n) is 3.15. The van der Waals surface area contributed by atoms with Gasteiger partial charge in [0, 0.05) is 12.5 Å². The van der Waals surface area contributed by atoms with Crippen LogP contribution in [0.3, 0.4) is 0 Å². The van der Waals surface area contributed by atoms with Crippen LogP contribution in [0.2, 0.25) is 0 Å². The fraction of sp³-hybridized carbons (Fsp3) is 1.00. The van der Waals surface area contributed by atoms with Crippen molar-refractivity contribution in [2.75, 3.05) is 20.1 Å². The topological polar surface area (TPSA) is 23.5 Å². The van der Waals surface area contributed by atoms with E-state index in [1.165, 1.54) is 19.4 Å². The van der Waals surface area contributed by atoms with E-state index in [1.54, 1.807) is 0 Å². The van der Waals surface area contributed by atoms with E-state index in [0.717, 1.165) is 19.4 Å². The van der Waals surface area contributed by atoms with E-state index in [1.807, 2.05) is 13.8 Å². The molecular weight excluding hydrogens is 162 g/mol. The molecule has 1 saturated carbocycles. The lowest BCUT2D eigenvalue weighted by Gasteiger charge is -2.32. The molecule has 0 bridgehead atoms. The number of likely N-dealkylation sites (tertiary alicyclic amines) is 1. The minimum Gasteiger partial charge on any atom is -0.390 e. The molecule has 0 aromatic rings. The first-order valence-electron chi connectivity index (χ1n) is 5.62. The van der Waals surface area contributed by atoms with E-state index in [-0.39, 0.29) is 5.60 Å². The molecule has 0 spiro atoms. The highest BCUT2D eigenvalue weighted by Crippen LogP contribution is 2.45. The summed E-state index contributed by atoms with van der Waals surface area (Å²) in [5.74, 6) is 0.571. The molecule has 2 heteroatoms. The van der Waals surface area contributed by atoms with E-state index in [9.17, 15) is 5.11 Å². The second kappa shape index (κ2) is 4.43. The van der Waals surface area contributed by atoms with E-state index in [0.29, 0.717) is 5.92 Å². The largest absolute Gasteiger partial charge is 0.390 e. The average molecular weight is 185 g/mol. The van der Waals surface area contributed by atoms with Gasteiger partial charge in [-0.15, -0.1) is 0 Å². The Hall–Kier alpha value is -0.0800. The second-order valence-corrected chi connectivity index (χ2v) is 4.20. The van der Waals surface area contributed by atoms with Gasteiger partial charge in [0.2, 0.25) is 0 Å². The summed E-state index contributed by atoms with van der Waals surface area (Å²) in [6.45, 7) is 6.32. The van der Waals surface area contributed by atoms with Crippen LogP contribution in [0.4, 0.5) is 0 Å². The van der Waals surface area contributed by atoms with Gasteiger partial charge in [-0.1, -0.05) is 13.8 Å². The van der Waals surface area contributed by atoms with Crippen LogP contribution in [0.1, 0.15) is 39.5 Å². The lowest BCUT2D eigenvalue weighted by atomic mass is 9.91. The number of hydrogen-bond donors (Lipinski definition) is 1. The van der Waals surface area contributed by atoms with Gasteiger partial charge in [-0.05, 0) is 39.3 Å². The summed E-state index contributed by atoms with van der Waals surface area (Å²) in [5, 5.41) is 9.84. The van der Waals surface area contributed by atoms with Crippen LogP contribution >= 0.6 is 0 Å². The molecule has 78 valence electrons. The molecule has 1 aliphatic heterocycles. The maximum absolute atomic E-state index is 9.84. The van der Waals surface area contributed by atoms with Crippen LogP contribution in [0.25, 0.3) is 0 Å². The van der Waals surface area contributed by atoms with Crippen LogP contribution in [0.15, 0.2) is 0 Å². The maximum atomic E-state index is 9.84. The molecule has 2 rings (SSSR count). The molecule has 0 radical (unpaired) electrons. The summed E-state index contributed by atoms with van der Waals surface area (Å²) in [6, 6.07) is 0. The van der Waals surface area contributed by atoms with E-state index >= 15 is 0 Å². The number of nitrogens with zero attached hydrogens (tertiary/aromatic N) is 1. The van der Waals surface area contributed by atoms with Crippen molar-refractivity contribution in [3.63, 3.8) is 0 Å². The summed E-state index contributed by atoms with van der Waals surface area (Å²) < 4.78 is 0. The molecule has 2 fully saturated rings.